The van der Waals surface area contributed by atoms with Crippen LogP contribution in [0.4, 0.5) is 5.69 Å². The number of benzene rings is 2. The zero-order chi connectivity index (χ0) is 18.8. The van der Waals surface area contributed by atoms with Crippen molar-refractivity contribution >= 4 is 29.1 Å². The SMILES string of the molecule is O=C1c2ccccc2C(=O)N1CCCN1CCN(c2cccc(Cl)c2)CC1. The third kappa shape index (κ3) is 3.70. The predicted molar refractivity (Wildman–Crippen MR) is 107 cm³/mol. The molecule has 0 N–H and O–H groups in total. The number of halogens is 1. The highest BCUT2D eigenvalue weighted by molar-refractivity contribution is 6.30. The van der Waals surface area contributed by atoms with Gasteiger partial charge in [0.25, 0.3) is 11.8 Å². The quantitative estimate of drug-likeness (QED) is 0.744. The summed E-state index contributed by atoms with van der Waals surface area (Å²) < 4.78 is 0. The Kier molecular flexibility index (Phi) is 5.14. The number of imide groups is 1. The minimum absolute atomic E-state index is 0.165. The monoisotopic (exact) mass is 383 g/mol. The lowest BCUT2D eigenvalue weighted by Gasteiger charge is -2.36. The maximum absolute atomic E-state index is 12.4. The summed E-state index contributed by atoms with van der Waals surface area (Å²) in [5.74, 6) is -0.331. The molecular formula is C21H22ClN3O2. The number of hydrogen-bond donors (Lipinski definition) is 0. The molecule has 0 spiro atoms. The summed E-state index contributed by atoms with van der Waals surface area (Å²) in [5.41, 5.74) is 2.21. The Morgan fingerprint density at radius 3 is 2.11 bits per heavy atom. The lowest BCUT2D eigenvalue weighted by atomic mass is 10.1. The van der Waals surface area contributed by atoms with Crippen molar-refractivity contribution in [3.05, 3.63) is 64.7 Å². The van der Waals surface area contributed by atoms with Crippen LogP contribution in [0, 0.1) is 0 Å². The summed E-state index contributed by atoms with van der Waals surface area (Å²) in [6, 6.07) is 15.0. The highest BCUT2D eigenvalue weighted by Gasteiger charge is 2.34. The van der Waals surface area contributed by atoms with Crippen molar-refractivity contribution in [1.29, 1.82) is 0 Å². The highest BCUT2D eigenvalue weighted by Crippen LogP contribution is 2.23. The van der Waals surface area contributed by atoms with Gasteiger partial charge in [0.05, 0.1) is 11.1 Å². The lowest BCUT2D eigenvalue weighted by molar-refractivity contribution is 0.0647. The molecule has 0 aliphatic carbocycles. The zero-order valence-corrected chi connectivity index (χ0v) is 15.9. The Morgan fingerprint density at radius 1 is 0.815 bits per heavy atom. The molecule has 2 aromatic rings. The van der Waals surface area contributed by atoms with Gasteiger partial charge < -0.3 is 4.90 Å². The first-order valence-corrected chi connectivity index (χ1v) is 9.69. The molecular weight excluding hydrogens is 362 g/mol. The van der Waals surface area contributed by atoms with Crippen molar-refractivity contribution in [3.8, 4) is 0 Å². The molecule has 2 aliphatic heterocycles. The zero-order valence-electron chi connectivity index (χ0n) is 15.1. The molecule has 0 saturated carbocycles. The molecule has 2 aliphatic rings. The summed E-state index contributed by atoms with van der Waals surface area (Å²) in [7, 11) is 0. The van der Waals surface area contributed by atoms with Gasteiger partial charge in [-0.3, -0.25) is 19.4 Å². The molecule has 27 heavy (non-hydrogen) atoms. The van der Waals surface area contributed by atoms with E-state index in [1.165, 1.54) is 4.90 Å². The Labute approximate surface area is 164 Å². The number of fused-ring (bicyclic) bond motifs is 1. The third-order valence-corrected chi connectivity index (χ3v) is 5.51. The molecule has 4 rings (SSSR count). The topological polar surface area (TPSA) is 43.9 Å². The molecule has 6 heteroatoms. The normalized spacial score (nSPS) is 17.5. The molecule has 1 fully saturated rings. The van der Waals surface area contributed by atoms with Gasteiger partial charge in [-0.1, -0.05) is 29.8 Å². The van der Waals surface area contributed by atoms with Crippen LogP contribution in [-0.2, 0) is 0 Å². The van der Waals surface area contributed by atoms with Crippen molar-refractivity contribution in [2.45, 2.75) is 6.42 Å². The van der Waals surface area contributed by atoms with Crippen LogP contribution in [-0.4, -0.2) is 60.9 Å². The largest absolute Gasteiger partial charge is 0.369 e. The molecule has 2 aromatic carbocycles. The average Bonchev–Trinajstić information content (AvgIpc) is 2.94. The molecule has 1 saturated heterocycles. The number of rotatable bonds is 5. The van der Waals surface area contributed by atoms with Gasteiger partial charge in [0.2, 0.25) is 0 Å². The smallest absolute Gasteiger partial charge is 0.261 e. The minimum atomic E-state index is -0.165. The summed E-state index contributed by atoms with van der Waals surface area (Å²) >= 11 is 6.08. The van der Waals surface area contributed by atoms with Gasteiger partial charge in [0.1, 0.15) is 0 Å². The van der Waals surface area contributed by atoms with E-state index >= 15 is 0 Å². The Morgan fingerprint density at radius 2 is 1.48 bits per heavy atom. The van der Waals surface area contributed by atoms with Crippen LogP contribution < -0.4 is 4.90 Å². The molecule has 140 valence electrons. The fraction of sp³-hybridized carbons (Fsp3) is 0.333. The van der Waals surface area contributed by atoms with Crippen molar-refractivity contribution in [3.63, 3.8) is 0 Å². The molecule has 0 atom stereocenters. The summed E-state index contributed by atoms with van der Waals surface area (Å²) in [6.07, 6.45) is 0.794. The van der Waals surface area contributed by atoms with Crippen LogP contribution in [0.5, 0.6) is 0 Å². The van der Waals surface area contributed by atoms with Gasteiger partial charge >= 0.3 is 0 Å². The second-order valence-corrected chi connectivity index (χ2v) is 7.41. The maximum atomic E-state index is 12.4. The summed E-state index contributed by atoms with van der Waals surface area (Å²) in [5, 5.41) is 0.760. The first-order valence-electron chi connectivity index (χ1n) is 9.31. The van der Waals surface area contributed by atoms with Crippen LogP contribution in [0.25, 0.3) is 0 Å². The van der Waals surface area contributed by atoms with E-state index in [0.717, 1.165) is 49.9 Å². The number of carbonyl (C=O) groups excluding carboxylic acids is 2. The molecule has 0 radical (unpaired) electrons. The van der Waals surface area contributed by atoms with Gasteiger partial charge in [-0.25, -0.2) is 0 Å². The Balaban J connectivity index is 1.25. The van der Waals surface area contributed by atoms with Gasteiger partial charge in [-0.05, 0) is 43.3 Å². The van der Waals surface area contributed by atoms with E-state index in [-0.39, 0.29) is 11.8 Å². The van der Waals surface area contributed by atoms with E-state index in [1.807, 2.05) is 18.2 Å². The second-order valence-electron chi connectivity index (χ2n) is 6.97. The molecule has 5 nitrogen and oxygen atoms in total. The minimum Gasteiger partial charge on any atom is -0.369 e. The molecule has 2 amide bonds. The molecule has 2 heterocycles. The predicted octanol–water partition coefficient (Wildman–Crippen LogP) is 3.15. The second kappa shape index (κ2) is 7.71. The van der Waals surface area contributed by atoms with Crippen LogP contribution >= 0.6 is 11.6 Å². The lowest BCUT2D eigenvalue weighted by Crippen LogP contribution is -2.47. The van der Waals surface area contributed by atoms with Crippen molar-refractivity contribution in [2.24, 2.45) is 0 Å². The van der Waals surface area contributed by atoms with E-state index < -0.39 is 0 Å². The van der Waals surface area contributed by atoms with Crippen molar-refractivity contribution in [1.82, 2.24) is 9.80 Å². The number of nitrogens with zero attached hydrogens (tertiary/aromatic N) is 3. The first-order chi connectivity index (χ1) is 13.1. The standard InChI is InChI=1S/C21H22ClN3O2/c22-16-5-3-6-17(15-16)24-13-11-23(12-14-24)9-4-10-25-20(26)18-7-1-2-8-19(18)21(25)27/h1-3,5-8,15H,4,9-14H2. The highest BCUT2D eigenvalue weighted by atomic mass is 35.5. The van der Waals surface area contributed by atoms with Gasteiger partial charge in [0.15, 0.2) is 0 Å². The summed E-state index contributed by atoms with van der Waals surface area (Å²) in [6.45, 7) is 5.20. The van der Waals surface area contributed by atoms with E-state index in [2.05, 4.69) is 15.9 Å². The van der Waals surface area contributed by atoms with Crippen LogP contribution in [0.3, 0.4) is 0 Å². The van der Waals surface area contributed by atoms with E-state index in [4.69, 9.17) is 11.6 Å². The number of hydrogen-bond acceptors (Lipinski definition) is 4. The molecule has 0 unspecified atom stereocenters. The summed E-state index contributed by atoms with van der Waals surface area (Å²) in [4.78, 5) is 30.9. The van der Waals surface area contributed by atoms with E-state index in [0.29, 0.717) is 17.7 Å². The fourth-order valence-corrected chi connectivity index (χ4v) is 3.98. The van der Waals surface area contributed by atoms with Gasteiger partial charge in [-0.2, -0.15) is 0 Å². The number of amides is 2. The van der Waals surface area contributed by atoms with Crippen molar-refractivity contribution < 1.29 is 9.59 Å². The number of anilines is 1. The number of carbonyl (C=O) groups is 2. The maximum Gasteiger partial charge on any atom is 0.261 e. The Bertz CT molecular complexity index is 827. The third-order valence-electron chi connectivity index (χ3n) is 5.28. The van der Waals surface area contributed by atoms with Crippen LogP contribution in [0.2, 0.25) is 5.02 Å². The van der Waals surface area contributed by atoms with E-state index in [1.54, 1.807) is 24.3 Å². The van der Waals surface area contributed by atoms with Gasteiger partial charge in [0, 0.05) is 43.4 Å². The fourth-order valence-electron chi connectivity index (χ4n) is 3.80. The molecule has 0 aromatic heterocycles. The van der Waals surface area contributed by atoms with Crippen LogP contribution in [0.15, 0.2) is 48.5 Å². The first kappa shape index (κ1) is 18.0. The van der Waals surface area contributed by atoms with Crippen molar-refractivity contribution in [2.75, 3.05) is 44.2 Å². The number of piperazine rings is 1. The van der Waals surface area contributed by atoms with Crippen LogP contribution in [0.1, 0.15) is 27.1 Å². The van der Waals surface area contributed by atoms with Gasteiger partial charge in [-0.15, -0.1) is 0 Å². The van der Waals surface area contributed by atoms with E-state index in [9.17, 15) is 9.59 Å². The average molecular weight is 384 g/mol. The Hall–Kier alpha value is -2.37. The molecule has 0 bridgehead atoms.